The summed E-state index contributed by atoms with van der Waals surface area (Å²) >= 11 is 5.99. The number of carbonyl (C=O) groups is 1. The quantitative estimate of drug-likeness (QED) is 0.327. The fourth-order valence-electron chi connectivity index (χ4n) is 3.59. The molecular formula is C28H28ClN5O. The first kappa shape index (κ1) is 24.4. The zero-order valence-electron chi connectivity index (χ0n) is 19.9. The van der Waals surface area contributed by atoms with Crippen LogP contribution in [0, 0.1) is 0 Å². The van der Waals surface area contributed by atoms with E-state index in [-0.39, 0.29) is 5.91 Å². The Labute approximate surface area is 211 Å². The van der Waals surface area contributed by atoms with Gasteiger partial charge in [-0.2, -0.15) is 0 Å². The van der Waals surface area contributed by atoms with Crippen LogP contribution in [0.1, 0.15) is 15.9 Å². The fourth-order valence-corrected chi connectivity index (χ4v) is 3.71. The maximum Gasteiger partial charge on any atom is 0.254 e. The second-order valence-electron chi connectivity index (χ2n) is 8.49. The van der Waals surface area contributed by atoms with Crippen LogP contribution in [0.2, 0.25) is 5.02 Å². The molecule has 0 fully saturated rings. The fraction of sp³-hybridized carbons (Fsp3) is 0.179. The van der Waals surface area contributed by atoms with Gasteiger partial charge in [-0.1, -0.05) is 54.1 Å². The van der Waals surface area contributed by atoms with E-state index in [1.54, 1.807) is 6.20 Å². The van der Waals surface area contributed by atoms with Crippen molar-refractivity contribution in [1.29, 1.82) is 0 Å². The summed E-state index contributed by atoms with van der Waals surface area (Å²) in [6.07, 6.45) is 1.71. The van der Waals surface area contributed by atoms with Crippen molar-refractivity contribution in [2.75, 3.05) is 32.5 Å². The highest BCUT2D eigenvalue weighted by atomic mass is 35.5. The first-order chi connectivity index (χ1) is 17.0. The zero-order chi connectivity index (χ0) is 24.6. The normalized spacial score (nSPS) is 10.9. The van der Waals surface area contributed by atoms with Crippen LogP contribution in [0.4, 0.5) is 11.6 Å². The highest BCUT2D eigenvalue weighted by Crippen LogP contribution is 2.22. The van der Waals surface area contributed by atoms with Crippen LogP contribution in [0.5, 0.6) is 0 Å². The summed E-state index contributed by atoms with van der Waals surface area (Å²) in [5.41, 5.74) is 4.30. The van der Waals surface area contributed by atoms with Crippen molar-refractivity contribution in [1.82, 2.24) is 19.8 Å². The first-order valence-corrected chi connectivity index (χ1v) is 11.8. The molecule has 0 saturated carbocycles. The van der Waals surface area contributed by atoms with Crippen LogP contribution in [0.15, 0.2) is 91.1 Å². The van der Waals surface area contributed by atoms with Crippen molar-refractivity contribution in [3.8, 4) is 11.3 Å². The molecule has 0 aliphatic heterocycles. The molecule has 0 saturated heterocycles. The maximum atomic E-state index is 13.3. The zero-order valence-corrected chi connectivity index (χ0v) is 20.6. The minimum Gasteiger partial charge on any atom is -0.333 e. The minimum absolute atomic E-state index is 0.00300. The van der Waals surface area contributed by atoms with Gasteiger partial charge in [0, 0.05) is 47.7 Å². The SMILES string of the molecule is CN(C)CCN(Cc1ccccc1)C(=O)c1ccc(Nc2nccc(-c3ccc(Cl)cc3)n2)cc1. The number of carbonyl (C=O) groups excluding carboxylic acids is 1. The number of likely N-dealkylation sites (N-methyl/N-ethyl adjacent to an activating group) is 1. The Morgan fingerprint density at radius 1 is 0.886 bits per heavy atom. The molecule has 0 radical (unpaired) electrons. The number of benzene rings is 3. The van der Waals surface area contributed by atoms with Crippen LogP contribution in [0.25, 0.3) is 11.3 Å². The van der Waals surface area contributed by atoms with E-state index in [4.69, 9.17) is 11.6 Å². The highest BCUT2D eigenvalue weighted by Gasteiger charge is 2.16. The van der Waals surface area contributed by atoms with Gasteiger partial charge in [-0.05, 0) is 62.1 Å². The van der Waals surface area contributed by atoms with Gasteiger partial charge in [0.05, 0.1) is 5.69 Å². The van der Waals surface area contributed by atoms with Gasteiger partial charge in [-0.15, -0.1) is 0 Å². The van der Waals surface area contributed by atoms with Crippen molar-refractivity contribution in [3.05, 3.63) is 107 Å². The monoisotopic (exact) mass is 485 g/mol. The van der Waals surface area contributed by atoms with E-state index in [1.807, 2.05) is 104 Å². The summed E-state index contributed by atoms with van der Waals surface area (Å²) in [4.78, 5) is 26.2. The Balaban J connectivity index is 1.46. The molecule has 1 amide bonds. The van der Waals surface area contributed by atoms with Crippen molar-refractivity contribution < 1.29 is 4.79 Å². The summed E-state index contributed by atoms with van der Waals surface area (Å²) in [7, 11) is 4.02. The molecule has 4 rings (SSSR count). The van der Waals surface area contributed by atoms with Gasteiger partial charge in [-0.25, -0.2) is 9.97 Å². The number of hydrogen-bond donors (Lipinski definition) is 1. The number of rotatable bonds is 9. The topological polar surface area (TPSA) is 61.4 Å². The molecule has 0 aliphatic carbocycles. The van der Waals surface area contributed by atoms with Crippen LogP contribution >= 0.6 is 11.6 Å². The van der Waals surface area contributed by atoms with Gasteiger partial charge in [0.15, 0.2) is 0 Å². The van der Waals surface area contributed by atoms with Gasteiger partial charge >= 0.3 is 0 Å². The van der Waals surface area contributed by atoms with Crippen molar-refractivity contribution in [2.24, 2.45) is 0 Å². The van der Waals surface area contributed by atoms with Crippen molar-refractivity contribution in [2.45, 2.75) is 6.54 Å². The number of anilines is 2. The summed E-state index contributed by atoms with van der Waals surface area (Å²) in [5.74, 6) is 0.483. The molecule has 35 heavy (non-hydrogen) atoms. The Morgan fingerprint density at radius 2 is 1.60 bits per heavy atom. The molecule has 4 aromatic rings. The predicted molar refractivity (Wildman–Crippen MR) is 142 cm³/mol. The van der Waals surface area contributed by atoms with Crippen molar-refractivity contribution in [3.63, 3.8) is 0 Å². The molecule has 0 atom stereocenters. The van der Waals surface area contributed by atoms with E-state index in [0.29, 0.717) is 29.6 Å². The molecular weight excluding hydrogens is 458 g/mol. The van der Waals surface area contributed by atoms with Gasteiger partial charge in [0.2, 0.25) is 5.95 Å². The van der Waals surface area contributed by atoms with E-state index in [0.717, 1.165) is 29.1 Å². The summed E-state index contributed by atoms with van der Waals surface area (Å²) in [6.45, 7) is 2.00. The van der Waals surface area contributed by atoms with Crippen LogP contribution < -0.4 is 5.32 Å². The van der Waals surface area contributed by atoms with Gasteiger partial charge in [-0.3, -0.25) is 4.79 Å². The first-order valence-electron chi connectivity index (χ1n) is 11.4. The Bertz CT molecular complexity index is 1240. The van der Waals surface area contributed by atoms with Gasteiger partial charge in [0.25, 0.3) is 5.91 Å². The summed E-state index contributed by atoms with van der Waals surface area (Å²) < 4.78 is 0. The molecule has 6 nitrogen and oxygen atoms in total. The van der Waals surface area contributed by atoms with Crippen molar-refractivity contribution >= 4 is 29.1 Å². The maximum absolute atomic E-state index is 13.3. The molecule has 1 N–H and O–H groups in total. The molecule has 0 aliphatic rings. The Morgan fingerprint density at radius 3 is 2.29 bits per heavy atom. The Hall–Kier alpha value is -3.74. The second kappa shape index (κ2) is 11.6. The number of aromatic nitrogens is 2. The number of halogens is 1. The average Bonchev–Trinajstić information content (AvgIpc) is 2.88. The van der Waals surface area contributed by atoms with E-state index in [2.05, 4.69) is 20.2 Å². The summed E-state index contributed by atoms with van der Waals surface area (Å²) in [5, 5.41) is 3.90. The largest absolute Gasteiger partial charge is 0.333 e. The van der Waals surface area contributed by atoms with E-state index in [9.17, 15) is 4.79 Å². The molecule has 3 aromatic carbocycles. The lowest BCUT2D eigenvalue weighted by Crippen LogP contribution is -2.36. The van der Waals surface area contributed by atoms with E-state index >= 15 is 0 Å². The molecule has 0 bridgehead atoms. The van der Waals surface area contributed by atoms with Gasteiger partial charge in [0.1, 0.15) is 0 Å². The van der Waals surface area contributed by atoms with E-state index in [1.165, 1.54) is 0 Å². The lowest BCUT2D eigenvalue weighted by molar-refractivity contribution is 0.0732. The lowest BCUT2D eigenvalue weighted by Gasteiger charge is -2.25. The second-order valence-corrected chi connectivity index (χ2v) is 8.93. The standard InChI is InChI=1S/C28H28ClN5O/c1-33(2)18-19-34(20-21-6-4-3-5-7-21)27(35)23-10-14-25(15-11-23)31-28-30-17-16-26(32-28)22-8-12-24(29)13-9-22/h3-17H,18-20H2,1-2H3,(H,30,31,32). The molecule has 1 aromatic heterocycles. The van der Waals surface area contributed by atoms with Crippen LogP contribution in [-0.4, -0.2) is 52.9 Å². The number of amides is 1. The van der Waals surface area contributed by atoms with Crippen LogP contribution in [-0.2, 0) is 6.54 Å². The van der Waals surface area contributed by atoms with E-state index < -0.39 is 0 Å². The average molecular weight is 486 g/mol. The third kappa shape index (κ3) is 6.88. The minimum atomic E-state index is 0.00300. The van der Waals surface area contributed by atoms with Crippen LogP contribution in [0.3, 0.4) is 0 Å². The lowest BCUT2D eigenvalue weighted by atomic mass is 10.1. The third-order valence-electron chi connectivity index (χ3n) is 5.50. The molecule has 0 spiro atoms. The molecule has 7 heteroatoms. The Kier molecular flexibility index (Phi) is 8.08. The molecule has 1 heterocycles. The molecule has 0 unspecified atom stereocenters. The molecule has 178 valence electrons. The number of nitrogens with one attached hydrogen (secondary N) is 1. The smallest absolute Gasteiger partial charge is 0.254 e. The number of nitrogens with zero attached hydrogens (tertiary/aromatic N) is 4. The third-order valence-corrected chi connectivity index (χ3v) is 5.76. The van der Waals surface area contributed by atoms with Gasteiger partial charge < -0.3 is 15.1 Å². The summed E-state index contributed by atoms with van der Waals surface area (Å²) in [6, 6.07) is 26.8. The highest BCUT2D eigenvalue weighted by molar-refractivity contribution is 6.30. The number of hydrogen-bond acceptors (Lipinski definition) is 5. The predicted octanol–water partition coefficient (Wildman–Crippen LogP) is 5.74.